The lowest BCUT2D eigenvalue weighted by atomic mass is 10.2. The number of nitrogens with zero attached hydrogens (tertiary/aromatic N) is 4. The van der Waals surface area contributed by atoms with E-state index in [1.807, 2.05) is 10.8 Å². The SMILES string of the molecule is O=C(NCC(=O)N1CCN(Cc2cc(=O)n3ccsc3n2)CC1)c1cccs1. The van der Waals surface area contributed by atoms with Crippen LogP contribution in [-0.4, -0.2) is 63.7 Å². The van der Waals surface area contributed by atoms with Gasteiger partial charge in [0.25, 0.3) is 11.5 Å². The number of amides is 2. The van der Waals surface area contributed by atoms with Gasteiger partial charge >= 0.3 is 0 Å². The highest BCUT2D eigenvalue weighted by atomic mass is 32.1. The molecule has 2 amide bonds. The van der Waals surface area contributed by atoms with Crippen LogP contribution in [0.15, 0.2) is 40.0 Å². The summed E-state index contributed by atoms with van der Waals surface area (Å²) in [4.78, 5) is 46.1. The normalized spacial score (nSPS) is 15.1. The summed E-state index contributed by atoms with van der Waals surface area (Å²) >= 11 is 2.78. The topological polar surface area (TPSA) is 87.0 Å². The van der Waals surface area contributed by atoms with E-state index in [0.29, 0.717) is 42.6 Å². The van der Waals surface area contributed by atoms with E-state index in [1.54, 1.807) is 29.3 Å². The maximum atomic E-state index is 12.3. The molecule has 4 rings (SSSR count). The lowest BCUT2D eigenvalue weighted by molar-refractivity contribution is -0.131. The number of hydrogen-bond acceptors (Lipinski definition) is 7. The van der Waals surface area contributed by atoms with Gasteiger partial charge in [-0.05, 0) is 11.4 Å². The molecule has 0 spiro atoms. The van der Waals surface area contributed by atoms with Crippen molar-refractivity contribution in [1.29, 1.82) is 0 Å². The Balaban J connectivity index is 1.27. The molecule has 1 fully saturated rings. The van der Waals surface area contributed by atoms with E-state index in [1.165, 1.54) is 27.1 Å². The number of rotatable bonds is 5. The lowest BCUT2D eigenvalue weighted by Gasteiger charge is -2.34. The summed E-state index contributed by atoms with van der Waals surface area (Å²) in [6.45, 7) is 3.18. The van der Waals surface area contributed by atoms with Crippen LogP contribution in [0.2, 0.25) is 0 Å². The number of carbonyl (C=O) groups excluding carboxylic acids is 2. The smallest absolute Gasteiger partial charge is 0.261 e. The summed E-state index contributed by atoms with van der Waals surface area (Å²) < 4.78 is 1.54. The summed E-state index contributed by atoms with van der Waals surface area (Å²) in [7, 11) is 0. The first-order chi connectivity index (χ1) is 13.6. The molecule has 1 aliphatic rings. The zero-order valence-corrected chi connectivity index (χ0v) is 16.7. The maximum absolute atomic E-state index is 12.3. The minimum Gasteiger partial charge on any atom is -0.342 e. The largest absolute Gasteiger partial charge is 0.342 e. The van der Waals surface area contributed by atoms with Crippen LogP contribution in [-0.2, 0) is 11.3 Å². The first-order valence-corrected chi connectivity index (χ1v) is 10.6. The molecular weight excluding hydrogens is 398 g/mol. The molecule has 3 aromatic heterocycles. The molecule has 1 N–H and O–H groups in total. The van der Waals surface area contributed by atoms with Crippen molar-refractivity contribution in [3.8, 4) is 0 Å². The van der Waals surface area contributed by atoms with E-state index >= 15 is 0 Å². The highest BCUT2D eigenvalue weighted by molar-refractivity contribution is 7.15. The molecule has 1 aliphatic heterocycles. The number of aromatic nitrogens is 2. The average molecular weight is 418 g/mol. The Morgan fingerprint density at radius 2 is 1.96 bits per heavy atom. The van der Waals surface area contributed by atoms with Crippen molar-refractivity contribution >= 4 is 39.4 Å². The molecule has 0 radical (unpaired) electrons. The predicted octanol–water partition coefficient (Wildman–Crippen LogP) is 0.892. The van der Waals surface area contributed by atoms with Gasteiger partial charge in [-0.15, -0.1) is 22.7 Å². The van der Waals surface area contributed by atoms with Crippen LogP contribution in [0.5, 0.6) is 0 Å². The number of fused-ring (bicyclic) bond motifs is 1. The number of carbonyl (C=O) groups is 2. The molecule has 0 aromatic carbocycles. The second kappa shape index (κ2) is 8.21. The Morgan fingerprint density at radius 3 is 2.71 bits per heavy atom. The van der Waals surface area contributed by atoms with Crippen LogP contribution in [0, 0.1) is 0 Å². The number of thiazole rings is 1. The van der Waals surface area contributed by atoms with E-state index in [0.717, 1.165) is 5.69 Å². The van der Waals surface area contributed by atoms with Gasteiger partial charge in [0.2, 0.25) is 5.91 Å². The summed E-state index contributed by atoms with van der Waals surface area (Å²) in [6, 6.07) is 5.11. The van der Waals surface area contributed by atoms with Crippen LogP contribution in [0.3, 0.4) is 0 Å². The van der Waals surface area contributed by atoms with Crippen molar-refractivity contribution in [2.75, 3.05) is 32.7 Å². The Morgan fingerprint density at radius 1 is 1.14 bits per heavy atom. The van der Waals surface area contributed by atoms with Gasteiger partial charge in [0.15, 0.2) is 4.96 Å². The molecule has 0 aliphatic carbocycles. The minimum atomic E-state index is -0.219. The molecular formula is C18H19N5O3S2. The second-order valence-corrected chi connectivity index (χ2v) is 8.28. The van der Waals surface area contributed by atoms with E-state index in [-0.39, 0.29) is 23.9 Å². The Bertz CT molecular complexity index is 1040. The summed E-state index contributed by atoms with van der Waals surface area (Å²) in [5, 5.41) is 6.35. The summed E-state index contributed by atoms with van der Waals surface area (Å²) in [5.74, 6) is -0.302. The summed E-state index contributed by atoms with van der Waals surface area (Å²) in [6.07, 6.45) is 1.72. The zero-order valence-electron chi connectivity index (χ0n) is 15.0. The van der Waals surface area contributed by atoms with Crippen LogP contribution in [0.4, 0.5) is 0 Å². The summed E-state index contributed by atoms with van der Waals surface area (Å²) in [5.41, 5.74) is 0.673. The quantitative estimate of drug-likeness (QED) is 0.666. The Hall–Kier alpha value is -2.56. The fourth-order valence-electron chi connectivity index (χ4n) is 3.12. The third-order valence-electron chi connectivity index (χ3n) is 4.61. The first kappa shape index (κ1) is 18.8. The fourth-order valence-corrected chi connectivity index (χ4v) is 4.49. The fraction of sp³-hybridized carbons (Fsp3) is 0.333. The molecule has 1 saturated heterocycles. The molecule has 8 nitrogen and oxygen atoms in total. The van der Waals surface area contributed by atoms with Gasteiger partial charge in [0, 0.05) is 50.4 Å². The van der Waals surface area contributed by atoms with Gasteiger partial charge in [-0.2, -0.15) is 0 Å². The molecule has 0 bridgehead atoms. The van der Waals surface area contributed by atoms with Crippen molar-refractivity contribution in [3.63, 3.8) is 0 Å². The van der Waals surface area contributed by atoms with Crippen LogP contribution in [0.25, 0.3) is 4.96 Å². The standard InChI is InChI=1S/C18H19N5O3S2/c24-15-10-13(20-18-23(15)7-9-28-18)12-21-3-5-22(6-4-21)16(25)11-19-17(26)14-2-1-8-27-14/h1-2,7-10H,3-6,11-12H2,(H,19,26). The highest BCUT2D eigenvalue weighted by Crippen LogP contribution is 2.11. The predicted molar refractivity (Wildman–Crippen MR) is 108 cm³/mol. The van der Waals surface area contributed by atoms with Crippen LogP contribution in [0.1, 0.15) is 15.4 Å². The van der Waals surface area contributed by atoms with Crippen molar-refractivity contribution in [2.24, 2.45) is 0 Å². The van der Waals surface area contributed by atoms with Gasteiger partial charge < -0.3 is 10.2 Å². The third kappa shape index (κ3) is 4.13. The Kier molecular flexibility index (Phi) is 5.51. The maximum Gasteiger partial charge on any atom is 0.261 e. The van der Waals surface area contributed by atoms with E-state index in [4.69, 9.17) is 0 Å². The minimum absolute atomic E-state index is 0.00407. The molecule has 10 heteroatoms. The third-order valence-corrected chi connectivity index (χ3v) is 6.24. The van der Waals surface area contributed by atoms with Gasteiger partial charge in [-0.25, -0.2) is 4.98 Å². The molecule has 146 valence electrons. The van der Waals surface area contributed by atoms with Gasteiger partial charge in [-0.1, -0.05) is 6.07 Å². The Labute approximate surface area is 169 Å². The number of nitrogens with one attached hydrogen (secondary N) is 1. The highest BCUT2D eigenvalue weighted by Gasteiger charge is 2.22. The molecule has 4 heterocycles. The molecule has 0 unspecified atom stereocenters. The second-order valence-electron chi connectivity index (χ2n) is 6.46. The molecule has 0 atom stereocenters. The van der Waals surface area contributed by atoms with Crippen molar-refractivity contribution < 1.29 is 9.59 Å². The van der Waals surface area contributed by atoms with Crippen molar-refractivity contribution in [2.45, 2.75) is 6.54 Å². The van der Waals surface area contributed by atoms with E-state index < -0.39 is 0 Å². The van der Waals surface area contributed by atoms with Crippen LogP contribution < -0.4 is 10.9 Å². The zero-order chi connectivity index (χ0) is 19.5. The van der Waals surface area contributed by atoms with Crippen LogP contribution >= 0.6 is 22.7 Å². The van der Waals surface area contributed by atoms with E-state index in [2.05, 4.69) is 15.2 Å². The lowest BCUT2D eigenvalue weighted by Crippen LogP contribution is -2.50. The van der Waals surface area contributed by atoms with Gasteiger partial charge in [0.1, 0.15) is 0 Å². The number of thiophene rings is 1. The monoisotopic (exact) mass is 417 g/mol. The number of piperazine rings is 1. The average Bonchev–Trinajstić information content (AvgIpc) is 3.38. The van der Waals surface area contributed by atoms with Crippen molar-refractivity contribution in [3.05, 3.63) is 56.1 Å². The molecule has 3 aromatic rings. The van der Waals surface area contributed by atoms with Crippen molar-refractivity contribution in [1.82, 2.24) is 24.5 Å². The molecule has 0 saturated carbocycles. The molecule has 28 heavy (non-hydrogen) atoms. The van der Waals surface area contributed by atoms with Gasteiger partial charge in [-0.3, -0.25) is 23.7 Å². The van der Waals surface area contributed by atoms with E-state index in [9.17, 15) is 14.4 Å². The van der Waals surface area contributed by atoms with Gasteiger partial charge in [0.05, 0.1) is 17.1 Å². The number of hydrogen-bond donors (Lipinski definition) is 1. The first-order valence-electron chi connectivity index (χ1n) is 8.88.